The Morgan fingerprint density at radius 2 is 2.25 bits per heavy atom. The summed E-state index contributed by atoms with van der Waals surface area (Å²) in [7, 11) is 0. The van der Waals surface area contributed by atoms with E-state index in [-0.39, 0.29) is 0 Å². The van der Waals surface area contributed by atoms with Crippen LogP contribution < -0.4 is 5.32 Å². The fourth-order valence-corrected chi connectivity index (χ4v) is 2.96. The maximum absolute atomic E-state index is 3.87. The molecule has 0 unspecified atom stereocenters. The molecule has 1 N–H and O–H groups in total. The first-order chi connectivity index (χ1) is 9.74. The molecule has 3 heteroatoms. The number of nitrogens with one attached hydrogen (secondary N) is 1. The number of hydrogen-bond acceptors (Lipinski definition) is 2. The Labute approximate surface area is 131 Å². The van der Waals surface area contributed by atoms with Gasteiger partial charge in [-0.1, -0.05) is 41.1 Å². The van der Waals surface area contributed by atoms with Gasteiger partial charge < -0.3 is 5.32 Å². The zero-order valence-electron chi connectivity index (χ0n) is 12.4. The van der Waals surface area contributed by atoms with Crippen molar-refractivity contribution in [2.45, 2.75) is 45.3 Å². The summed E-state index contributed by atoms with van der Waals surface area (Å²) in [5, 5.41) is 3.44. The van der Waals surface area contributed by atoms with Crippen LogP contribution in [0.4, 0.5) is 0 Å². The molecule has 0 radical (unpaired) electrons. The minimum absolute atomic E-state index is 0.769. The molecule has 0 saturated heterocycles. The molecular formula is C17H25BrN2. The molecule has 2 rings (SSSR count). The van der Waals surface area contributed by atoms with Crippen LogP contribution in [0.25, 0.3) is 0 Å². The van der Waals surface area contributed by atoms with Gasteiger partial charge in [-0.25, -0.2) is 0 Å². The Morgan fingerprint density at radius 1 is 1.45 bits per heavy atom. The topological polar surface area (TPSA) is 15.3 Å². The molecule has 0 aromatic heterocycles. The number of benzene rings is 1. The average molecular weight is 337 g/mol. The van der Waals surface area contributed by atoms with Gasteiger partial charge in [-0.2, -0.15) is 0 Å². The quantitative estimate of drug-likeness (QED) is 0.539. The lowest BCUT2D eigenvalue weighted by Crippen LogP contribution is -2.25. The molecule has 1 aliphatic rings. The van der Waals surface area contributed by atoms with Crippen molar-refractivity contribution in [1.29, 1.82) is 0 Å². The molecule has 0 heterocycles. The SMILES string of the molecule is C=CCN(Cc1ccc(CNCCC)cc1Br)C1CC1. The Hall–Kier alpha value is -0.640. The van der Waals surface area contributed by atoms with Crippen molar-refractivity contribution < 1.29 is 0 Å². The van der Waals surface area contributed by atoms with Crippen molar-refractivity contribution in [2.75, 3.05) is 13.1 Å². The fraction of sp³-hybridized carbons (Fsp3) is 0.529. The largest absolute Gasteiger partial charge is 0.313 e. The van der Waals surface area contributed by atoms with Crippen LogP contribution in [0.2, 0.25) is 0 Å². The Morgan fingerprint density at radius 3 is 2.85 bits per heavy atom. The summed E-state index contributed by atoms with van der Waals surface area (Å²) >= 11 is 3.72. The van der Waals surface area contributed by atoms with Crippen LogP contribution in [-0.4, -0.2) is 24.0 Å². The molecule has 20 heavy (non-hydrogen) atoms. The molecule has 1 aliphatic carbocycles. The van der Waals surface area contributed by atoms with Gasteiger partial charge in [0.25, 0.3) is 0 Å². The highest BCUT2D eigenvalue weighted by Gasteiger charge is 2.28. The molecule has 1 aromatic carbocycles. The Balaban J connectivity index is 1.95. The van der Waals surface area contributed by atoms with Gasteiger partial charge in [0, 0.05) is 30.1 Å². The lowest BCUT2D eigenvalue weighted by atomic mass is 10.1. The second kappa shape index (κ2) is 7.96. The normalized spacial score (nSPS) is 14.8. The van der Waals surface area contributed by atoms with Crippen molar-refractivity contribution in [3.8, 4) is 0 Å². The second-order valence-corrected chi connectivity index (χ2v) is 6.41. The lowest BCUT2D eigenvalue weighted by molar-refractivity contribution is 0.283. The van der Waals surface area contributed by atoms with Gasteiger partial charge >= 0.3 is 0 Å². The molecule has 1 aromatic rings. The molecule has 1 saturated carbocycles. The molecule has 0 atom stereocenters. The van der Waals surface area contributed by atoms with E-state index in [9.17, 15) is 0 Å². The molecule has 0 bridgehead atoms. The first kappa shape index (κ1) is 15.7. The standard InChI is InChI=1S/C17H25BrN2/c1-3-9-19-12-14-5-6-15(17(18)11-14)13-20(10-4-2)16-7-8-16/h4-6,11,16,19H,2-3,7-10,12-13H2,1H3. The van der Waals surface area contributed by atoms with Crippen molar-refractivity contribution >= 4 is 15.9 Å². The highest BCUT2D eigenvalue weighted by atomic mass is 79.9. The van der Waals surface area contributed by atoms with Gasteiger partial charge in [-0.15, -0.1) is 6.58 Å². The van der Waals surface area contributed by atoms with Gasteiger partial charge in [0.1, 0.15) is 0 Å². The molecule has 110 valence electrons. The van der Waals surface area contributed by atoms with Crippen LogP contribution in [0.1, 0.15) is 37.3 Å². The maximum Gasteiger partial charge on any atom is 0.0251 e. The maximum atomic E-state index is 3.87. The highest BCUT2D eigenvalue weighted by molar-refractivity contribution is 9.10. The summed E-state index contributed by atoms with van der Waals surface area (Å²) in [4.78, 5) is 2.52. The van der Waals surface area contributed by atoms with E-state index >= 15 is 0 Å². The predicted molar refractivity (Wildman–Crippen MR) is 89.8 cm³/mol. The van der Waals surface area contributed by atoms with Crippen LogP contribution >= 0.6 is 15.9 Å². The summed E-state index contributed by atoms with van der Waals surface area (Å²) in [5.41, 5.74) is 2.72. The van der Waals surface area contributed by atoms with Crippen molar-refractivity contribution in [3.63, 3.8) is 0 Å². The second-order valence-electron chi connectivity index (χ2n) is 5.55. The van der Waals surface area contributed by atoms with Crippen LogP contribution in [0.5, 0.6) is 0 Å². The summed E-state index contributed by atoms with van der Waals surface area (Å²) in [6.45, 7) is 10.1. The minimum atomic E-state index is 0.769. The summed E-state index contributed by atoms with van der Waals surface area (Å²) in [6.07, 6.45) is 5.86. The molecule has 0 amide bonds. The molecular weight excluding hydrogens is 312 g/mol. The van der Waals surface area contributed by atoms with E-state index in [2.05, 4.69) is 57.8 Å². The van der Waals surface area contributed by atoms with Crippen molar-refractivity contribution in [3.05, 3.63) is 46.5 Å². The zero-order valence-corrected chi connectivity index (χ0v) is 14.0. The van der Waals surface area contributed by atoms with E-state index in [4.69, 9.17) is 0 Å². The van der Waals surface area contributed by atoms with Gasteiger partial charge in [0.15, 0.2) is 0 Å². The van der Waals surface area contributed by atoms with E-state index in [0.29, 0.717) is 0 Å². The van der Waals surface area contributed by atoms with Crippen LogP contribution in [0, 0.1) is 0 Å². The van der Waals surface area contributed by atoms with Gasteiger partial charge in [0.05, 0.1) is 0 Å². The van der Waals surface area contributed by atoms with Crippen LogP contribution in [0.3, 0.4) is 0 Å². The summed E-state index contributed by atoms with van der Waals surface area (Å²) in [5.74, 6) is 0. The molecule has 0 spiro atoms. The fourth-order valence-electron chi connectivity index (χ4n) is 2.41. The third-order valence-electron chi connectivity index (χ3n) is 3.67. The minimum Gasteiger partial charge on any atom is -0.313 e. The van der Waals surface area contributed by atoms with E-state index in [1.807, 2.05) is 6.08 Å². The Bertz CT molecular complexity index is 441. The van der Waals surface area contributed by atoms with E-state index < -0.39 is 0 Å². The van der Waals surface area contributed by atoms with Gasteiger partial charge in [0.2, 0.25) is 0 Å². The highest BCUT2D eigenvalue weighted by Crippen LogP contribution is 2.30. The molecule has 0 aliphatic heterocycles. The number of nitrogens with zero attached hydrogens (tertiary/aromatic N) is 1. The lowest BCUT2D eigenvalue weighted by Gasteiger charge is -2.21. The van der Waals surface area contributed by atoms with Crippen LogP contribution in [-0.2, 0) is 13.1 Å². The average Bonchev–Trinajstić information content (AvgIpc) is 3.25. The van der Waals surface area contributed by atoms with Gasteiger partial charge in [-0.3, -0.25) is 4.90 Å². The molecule has 2 nitrogen and oxygen atoms in total. The number of rotatable bonds is 9. The third-order valence-corrected chi connectivity index (χ3v) is 4.41. The Kier molecular flexibility index (Phi) is 6.27. The summed E-state index contributed by atoms with van der Waals surface area (Å²) in [6, 6.07) is 7.51. The van der Waals surface area contributed by atoms with Gasteiger partial charge in [-0.05, 0) is 43.0 Å². The van der Waals surface area contributed by atoms with Crippen molar-refractivity contribution in [1.82, 2.24) is 10.2 Å². The van der Waals surface area contributed by atoms with Crippen molar-refractivity contribution in [2.24, 2.45) is 0 Å². The van der Waals surface area contributed by atoms with E-state index in [1.165, 1.54) is 34.9 Å². The first-order valence-corrected chi connectivity index (χ1v) is 8.36. The summed E-state index contributed by atoms with van der Waals surface area (Å²) < 4.78 is 1.23. The van der Waals surface area contributed by atoms with Crippen LogP contribution in [0.15, 0.2) is 35.3 Å². The number of hydrogen-bond donors (Lipinski definition) is 1. The monoisotopic (exact) mass is 336 g/mol. The van der Waals surface area contributed by atoms with E-state index in [1.54, 1.807) is 0 Å². The first-order valence-electron chi connectivity index (χ1n) is 7.57. The smallest absolute Gasteiger partial charge is 0.0251 e. The zero-order chi connectivity index (χ0) is 14.4. The number of halogens is 1. The molecule has 1 fully saturated rings. The third kappa shape index (κ3) is 4.72. The predicted octanol–water partition coefficient (Wildman–Crippen LogP) is 4.10. The van der Waals surface area contributed by atoms with E-state index in [0.717, 1.165) is 32.2 Å².